The van der Waals surface area contributed by atoms with Gasteiger partial charge in [-0.15, -0.1) is 0 Å². The minimum atomic E-state index is -1.13. The number of alkyl halides is 1. The van der Waals surface area contributed by atoms with Crippen LogP contribution in [0.4, 0.5) is 0 Å². The molecule has 0 rings (SSSR count). The first-order valence-corrected chi connectivity index (χ1v) is 12.2. The van der Waals surface area contributed by atoms with Crippen LogP contribution >= 0.6 is 22.6 Å². The van der Waals surface area contributed by atoms with Gasteiger partial charge in [0.25, 0.3) is 0 Å². The van der Waals surface area contributed by atoms with Gasteiger partial charge in [0.05, 0.1) is 19.8 Å². The van der Waals surface area contributed by atoms with E-state index in [9.17, 15) is 0 Å². The summed E-state index contributed by atoms with van der Waals surface area (Å²) in [6.07, 6.45) is 7.02. The van der Waals surface area contributed by atoms with E-state index in [0.29, 0.717) is 9.65 Å². The fourth-order valence-electron chi connectivity index (χ4n) is 2.05. The zero-order valence-electron chi connectivity index (χ0n) is 13.5. The summed E-state index contributed by atoms with van der Waals surface area (Å²) in [6.45, 7) is 16.2. The van der Waals surface area contributed by atoms with Gasteiger partial charge in [-0.3, -0.25) is 0 Å². The predicted molar refractivity (Wildman–Crippen MR) is 94.5 cm³/mol. The third-order valence-corrected chi connectivity index (χ3v) is 11.4. The molecular weight excluding hydrogens is 351 g/mol. The highest BCUT2D eigenvalue weighted by Crippen LogP contribution is 2.29. The second-order valence-corrected chi connectivity index (χ2v) is 15.3. The maximum atomic E-state index is 6.33. The summed E-state index contributed by atoms with van der Waals surface area (Å²) in [6, 6.07) is 0. The van der Waals surface area contributed by atoms with Crippen LogP contribution in [0.1, 0.15) is 59.8 Å². The van der Waals surface area contributed by atoms with Crippen LogP contribution in [0.25, 0.3) is 0 Å². The molecule has 0 radical (unpaired) electrons. The SMILES string of the molecule is CCCCCC[C@H](OC(C)(C)C)[C@H](I)[Si](C)(C)C. The van der Waals surface area contributed by atoms with Gasteiger partial charge in [-0.05, 0) is 27.2 Å². The molecule has 0 bridgehead atoms. The summed E-state index contributed by atoms with van der Waals surface area (Å²) in [5.41, 5.74) is -0.0154. The molecule has 0 aromatic carbocycles. The van der Waals surface area contributed by atoms with Crippen LogP contribution in [-0.4, -0.2) is 23.3 Å². The van der Waals surface area contributed by atoms with E-state index < -0.39 is 8.07 Å². The predicted octanol–water partition coefficient (Wildman–Crippen LogP) is 5.82. The molecule has 110 valence electrons. The van der Waals surface area contributed by atoms with Crippen LogP contribution in [0.5, 0.6) is 0 Å². The maximum absolute atomic E-state index is 6.33. The first kappa shape index (κ1) is 18.9. The van der Waals surface area contributed by atoms with Crippen molar-refractivity contribution in [3.05, 3.63) is 0 Å². The number of ether oxygens (including phenoxy) is 1. The van der Waals surface area contributed by atoms with Gasteiger partial charge in [0, 0.05) is 3.55 Å². The fraction of sp³-hybridized carbons (Fsp3) is 1.00. The highest BCUT2D eigenvalue weighted by molar-refractivity contribution is 14.1. The summed E-state index contributed by atoms with van der Waals surface area (Å²) in [5.74, 6) is 0. The van der Waals surface area contributed by atoms with E-state index in [1.165, 1.54) is 32.1 Å². The molecular formula is C15H33IOSi. The zero-order valence-corrected chi connectivity index (χ0v) is 16.6. The first-order chi connectivity index (χ1) is 8.08. The number of halogens is 1. The molecule has 0 heterocycles. The Morgan fingerprint density at radius 1 is 1.06 bits per heavy atom. The molecule has 0 aliphatic carbocycles. The lowest BCUT2D eigenvalue weighted by Gasteiger charge is -2.36. The van der Waals surface area contributed by atoms with Crippen LogP contribution < -0.4 is 0 Å². The minimum Gasteiger partial charge on any atom is -0.372 e. The highest BCUT2D eigenvalue weighted by Gasteiger charge is 2.34. The molecule has 1 nitrogen and oxygen atoms in total. The zero-order chi connectivity index (χ0) is 14.4. The summed E-state index contributed by atoms with van der Waals surface area (Å²) in [4.78, 5) is 0. The molecule has 0 aromatic heterocycles. The second-order valence-electron chi connectivity index (χ2n) is 7.39. The standard InChI is InChI=1S/C15H33IOSi/c1-8-9-10-11-12-13(17-15(2,3)4)14(16)18(5,6)7/h13-14H,8-12H2,1-7H3/t13-,14+/m0/s1. The van der Waals surface area contributed by atoms with Gasteiger partial charge < -0.3 is 4.74 Å². The normalized spacial score (nSPS) is 16.7. The number of hydrogen-bond donors (Lipinski definition) is 0. The Labute approximate surface area is 130 Å². The van der Waals surface area contributed by atoms with Gasteiger partial charge in [0.2, 0.25) is 0 Å². The lowest BCUT2D eigenvalue weighted by molar-refractivity contribution is -0.0561. The Kier molecular flexibility index (Phi) is 8.67. The molecule has 0 aliphatic heterocycles. The van der Waals surface area contributed by atoms with Gasteiger partial charge in [-0.2, -0.15) is 0 Å². The minimum absolute atomic E-state index is 0.0154. The number of unbranched alkanes of at least 4 members (excludes halogenated alkanes) is 3. The molecule has 0 aromatic rings. The van der Waals surface area contributed by atoms with Crippen molar-refractivity contribution >= 4 is 30.7 Å². The van der Waals surface area contributed by atoms with E-state index in [1.807, 2.05) is 0 Å². The molecule has 0 spiro atoms. The third kappa shape index (κ3) is 8.91. The van der Waals surface area contributed by atoms with E-state index >= 15 is 0 Å². The Morgan fingerprint density at radius 2 is 1.61 bits per heavy atom. The van der Waals surface area contributed by atoms with Crippen molar-refractivity contribution in [2.75, 3.05) is 0 Å². The molecule has 0 saturated carbocycles. The Bertz CT molecular complexity index is 218. The summed E-state index contributed by atoms with van der Waals surface area (Å²) in [7, 11) is -1.13. The van der Waals surface area contributed by atoms with Crippen molar-refractivity contribution in [3.8, 4) is 0 Å². The van der Waals surface area contributed by atoms with E-state index in [1.54, 1.807) is 0 Å². The first-order valence-electron chi connectivity index (χ1n) is 7.40. The summed E-state index contributed by atoms with van der Waals surface area (Å²) >= 11 is 2.65. The molecule has 0 saturated heterocycles. The molecule has 18 heavy (non-hydrogen) atoms. The van der Waals surface area contributed by atoms with Crippen molar-refractivity contribution in [1.29, 1.82) is 0 Å². The van der Waals surface area contributed by atoms with Gasteiger partial charge in [0.1, 0.15) is 0 Å². The molecule has 3 heteroatoms. The van der Waals surface area contributed by atoms with Gasteiger partial charge >= 0.3 is 0 Å². The van der Waals surface area contributed by atoms with E-state index in [-0.39, 0.29) is 5.60 Å². The summed E-state index contributed by atoms with van der Waals surface area (Å²) < 4.78 is 7.04. The van der Waals surface area contributed by atoms with Crippen molar-refractivity contribution < 1.29 is 4.74 Å². The smallest absolute Gasteiger partial charge is 0.0674 e. The third-order valence-electron chi connectivity index (χ3n) is 3.00. The van der Waals surface area contributed by atoms with Crippen molar-refractivity contribution in [2.24, 2.45) is 0 Å². The Morgan fingerprint density at radius 3 is 2.00 bits per heavy atom. The lowest BCUT2D eigenvalue weighted by atomic mass is 10.1. The molecule has 0 fully saturated rings. The monoisotopic (exact) mass is 384 g/mol. The van der Waals surface area contributed by atoms with Crippen LogP contribution in [0, 0.1) is 0 Å². The van der Waals surface area contributed by atoms with Crippen LogP contribution in [0.2, 0.25) is 19.6 Å². The average Bonchev–Trinajstić information content (AvgIpc) is 2.18. The number of hydrogen-bond acceptors (Lipinski definition) is 1. The van der Waals surface area contributed by atoms with Crippen molar-refractivity contribution in [2.45, 2.75) is 94.7 Å². The highest BCUT2D eigenvalue weighted by atomic mass is 127. The largest absolute Gasteiger partial charge is 0.372 e. The number of rotatable bonds is 8. The molecule has 0 aliphatic rings. The fourth-order valence-corrected chi connectivity index (χ4v) is 3.91. The maximum Gasteiger partial charge on any atom is 0.0674 e. The van der Waals surface area contributed by atoms with E-state index in [2.05, 4.69) is 69.9 Å². The van der Waals surface area contributed by atoms with Crippen molar-refractivity contribution in [3.63, 3.8) is 0 Å². The lowest BCUT2D eigenvalue weighted by Crippen LogP contribution is -2.46. The van der Waals surface area contributed by atoms with Crippen LogP contribution in [0.3, 0.4) is 0 Å². The average molecular weight is 384 g/mol. The van der Waals surface area contributed by atoms with E-state index in [0.717, 1.165) is 0 Å². The topological polar surface area (TPSA) is 9.23 Å². The molecule has 0 amide bonds. The van der Waals surface area contributed by atoms with E-state index in [4.69, 9.17) is 4.74 Å². The van der Waals surface area contributed by atoms with Crippen molar-refractivity contribution in [1.82, 2.24) is 0 Å². The Hall–Kier alpha value is 0.907. The van der Waals surface area contributed by atoms with Gasteiger partial charge in [-0.25, -0.2) is 0 Å². The quantitative estimate of drug-likeness (QED) is 0.222. The molecule has 0 unspecified atom stereocenters. The van der Waals surface area contributed by atoms with Gasteiger partial charge in [0.15, 0.2) is 0 Å². The second kappa shape index (κ2) is 8.25. The summed E-state index contributed by atoms with van der Waals surface area (Å²) in [5, 5.41) is 0. The van der Waals surface area contributed by atoms with Gasteiger partial charge in [-0.1, -0.05) is 74.8 Å². The Balaban J connectivity index is 4.43. The molecule has 2 atom stereocenters. The van der Waals surface area contributed by atoms with Crippen LogP contribution in [-0.2, 0) is 4.74 Å². The van der Waals surface area contributed by atoms with Crippen LogP contribution in [0.15, 0.2) is 0 Å². The molecule has 0 N–H and O–H groups in total.